The number of hydrogen-bond acceptors (Lipinski definition) is 3. The third-order valence-electron chi connectivity index (χ3n) is 6.93. The highest BCUT2D eigenvalue weighted by atomic mass is 19.3. The van der Waals surface area contributed by atoms with E-state index in [1.54, 1.807) is 0 Å². The van der Waals surface area contributed by atoms with E-state index < -0.39 is 5.92 Å². The molecule has 6 heteroatoms. The average molecular weight is 411 g/mol. The van der Waals surface area contributed by atoms with Crippen molar-refractivity contribution in [3.05, 3.63) is 41.6 Å². The molecule has 3 atom stereocenters. The molecule has 3 heterocycles. The molecule has 2 aliphatic heterocycles. The highest BCUT2D eigenvalue weighted by Crippen LogP contribution is 2.40. The summed E-state index contributed by atoms with van der Waals surface area (Å²) in [6, 6.07) is 8.51. The third-order valence-corrected chi connectivity index (χ3v) is 6.93. The van der Waals surface area contributed by atoms with E-state index in [0.29, 0.717) is 31.8 Å². The van der Waals surface area contributed by atoms with Crippen molar-refractivity contribution in [2.75, 3.05) is 13.1 Å². The maximum Gasteiger partial charge on any atom is 0.248 e. The molecule has 2 fully saturated rings. The molecular formula is C24H27F2N3O. The second kappa shape index (κ2) is 7.40. The molecule has 5 rings (SSSR count). The molecule has 4 nitrogen and oxygen atoms in total. The molecule has 1 saturated carbocycles. The van der Waals surface area contributed by atoms with Crippen molar-refractivity contribution in [1.29, 1.82) is 0 Å². The van der Waals surface area contributed by atoms with Crippen molar-refractivity contribution in [2.24, 2.45) is 16.8 Å². The number of pyridine rings is 1. The van der Waals surface area contributed by atoms with Gasteiger partial charge in [-0.15, -0.1) is 0 Å². The standard InChI is InChI=1S/C24H27F2N3O/c1-15-11-17(14-29(13-15)23(30)16-6-8-24(25,26)9-7-16)18-4-5-20(21-12-28-21)22-19(18)3-2-10-27-22/h2-5,10,12,15-17,21H,6-9,11,13-14H2,1H3/t15-,17+,21?/m1/s1. The lowest BCUT2D eigenvalue weighted by atomic mass is 9.81. The van der Waals surface area contributed by atoms with Crippen LogP contribution in [-0.4, -0.2) is 41.0 Å². The monoisotopic (exact) mass is 411 g/mol. The molecule has 2 aromatic rings. The quantitative estimate of drug-likeness (QED) is 0.702. The van der Waals surface area contributed by atoms with Crippen LogP contribution in [0.5, 0.6) is 0 Å². The van der Waals surface area contributed by atoms with Gasteiger partial charge in [-0.25, -0.2) is 8.78 Å². The number of fused-ring (bicyclic) bond motifs is 1. The van der Waals surface area contributed by atoms with Crippen LogP contribution in [0.15, 0.2) is 35.5 Å². The van der Waals surface area contributed by atoms with E-state index in [9.17, 15) is 13.6 Å². The Morgan fingerprint density at radius 1 is 1.13 bits per heavy atom. The lowest BCUT2D eigenvalue weighted by molar-refractivity contribution is -0.141. The predicted octanol–water partition coefficient (Wildman–Crippen LogP) is 5.14. The van der Waals surface area contributed by atoms with Crippen LogP contribution in [0.1, 0.15) is 62.1 Å². The van der Waals surface area contributed by atoms with E-state index in [1.165, 1.54) is 5.56 Å². The minimum absolute atomic E-state index is 0.0625. The lowest BCUT2D eigenvalue weighted by Gasteiger charge is -2.40. The summed E-state index contributed by atoms with van der Waals surface area (Å²) in [5, 5.41) is 1.13. The van der Waals surface area contributed by atoms with Crippen molar-refractivity contribution >= 4 is 23.0 Å². The summed E-state index contributed by atoms with van der Waals surface area (Å²) in [4.78, 5) is 24.0. The van der Waals surface area contributed by atoms with Crippen LogP contribution >= 0.6 is 0 Å². The van der Waals surface area contributed by atoms with Gasteiger partial charge in [0.2, 0.25) is 11.8 Å². The zero-order valence-electron chi connectivity index (χ0n) is 17.2. The molecule has 1 aliphatic carbocycles. The van der Waals surface area contributed by atoms with Gasteiger partial charge in [0, 0.05) is 61.1 Å². The van der Waals surface area contributed by atoms with E-state index in [4.69, 9.17) is 0 Å². The Morgan fingerprint density at radius 2 is 1.87 bits per heavy atom. The fourth-order valence-electron chi connectivity index (χ4n) is 5.32. The normalized spacial score (nSPS) is 28.6. The Bertz CT molecular complexity index is 989. The Hall–Kier alpha value is -2.37. The van der Waals surface area contributed by atoms with Gasteiger partial charge in [-0.05, 0) is 36.8 Å². The number of nitrogens with zero attached hydrogens (tertiary/aromatic N) is 3. The predicted molar refractivity (Wildman–Crippen MR) is 113 cm³/mol. The number of aromatic nitrogens is 1. The van der Waals surface area contributed by atoms with Gasteiger partial charge in [-0.2, -0.15) is 0 Å². The molecule has 0 radical (unpaired) electrons. The van der Waals surface area contributed by atoms with Gasteiger partial charge >= 0.3 is 0 Å². The maximum absolute atomic E-state index is 13.5. The van der Waals surface area contributed by atoms with Gasteiger partial charge in [0.15, 0.2) is 0 Å². The number of aliphatic imine (C=N–C) groups is 1. The number of rotatable bonds is 3. The van der Waals surface area contributed by atoms with Gasteiger partial charge in [-0.3, -0.25) is 14.8 Å². The smallest absolute Gasteiger partial charge is 0.248 e. The number of hydrogen-bond donors (Lipinski definition) is 0. The van der Waals surface area contributed by atoms with Crippen molar-refractivity contribution in [3.8, 4) is 0 Å². The van der Waals surface area contributed by atoms with Crippen LogP contribution in [0.4, 0.5) is 8.78 Å². The summed E-state index contributed by atoms with van der Waals surface area (Å²) in [6.45, 7) is 3.54. The molecule has 1 amide bonds. The number of halogens is 2. The molecule has 0 spiro atoms. The summed E-state index contributed by atoms with van der Waals surface area (Å²) in [5.74, 6) is -2.21. The highest BCUT2D eigenvalue weighted by molar-refractivity contribution is 5.92. The number of carbonyl (C=O) groups excluding carboxylic acids is 1. The van der Waals surface area contributed by atoms with Crippen LogP contribution in [0.3, 0.4) is 0 Å². The first-order valence-corrected chi connectivity index (χ1v) is 11.0. The Kier molecular flexibility index (Phi) is 4.83. The molecule has 1 unspecified atom stereocenters. The minimum atomic E-state index is -2.60. The Balaban J connectivity index is 1.39. The lowest BCUT2D eigenvalue weighted by Crippen LogP contribution is -2.46. The minimum Gasteiger partial charge on any atom is -0.342 e. The van der Waals surface area contributed by atoms with Gasteiger partial charge in [0.25, 0.3) is 0 Å². The van der Waals surface area contributed by atoms with Crippen LogP contribution in [-0.2, 0) is 4.79 Å². The molecule has 1 aromatic heterocycles. The molecule has 0 bridgehead atoms. The number of benzene rings is 1. The Labute approximate surface area is 175 Å². The summed E-state index contributed by atoms with van der Waals surface area (Å²) < 4.78 is 27.1. The molecule has 1 saturated heterocycles. The summed E-state index contributed by atoms with van der Waals surface area (Å²) in [7, 11) is 0. The zero-order chi connectivity index (χ0) is 20.9. The first-order chi connectivity index (χ1) is 14.4. The van der Waals surface area contributed by atoms with E-state index >= 15 is 0 Å². The van der Waals surface area contributed by atoms with E-state index in [1.807, 2.05) is 23.4 Å². The number of piperidine rings is 1. The van der Waals surface area contributed by atoms with Crippen molar-refractivity contribution < 1.29 is 13.6 Å². The van der Waals surface area contributed by atoms with Crippen LogP contribution in [0, 0.1) is 11.8 Å². The molecule has 158 valence electrons. The number of amides is 1. The summed E-state index contributed by atoms with van der Waals surface area (Å²) in [5.41, 5.74) is 3.35. The van der Waals surface area contributed by atoms with Gasteiger partial charge in [0.05, 0.1) is 5.52 Å². The first-order valence-electron chi connectivity index (χ1n) is 11.0. The third kappa shape index (κ3) is 3.72. The number of alkyl halides is 2. The van der Waals surface area contributed by atoms with E-state index in [-0.39, 0.29) is 36.6 Å². The molecule has 0 N–H and O–H groups in total. The zero-order valence-corrected chi connectivity index (χ0v) is 17.2. The largest absolute Gasteiger partial charge is 0.342 e. The van der Waals surface area contributed by atoms with Crippen molar-refractivity contribution in [2.45, 2.75) is 56.9 Å². The van der Waals surface area contributed by atoms with E-state index in [0.717, 1.165) is 22.9 Å². The topological polar surface area (TPSA) is 45.6 Å². The second-order valence-corrected chi connectivity index (χ2v) is 9.30. The fourth-order valence-corrected chi connectivity index (χ4v) is 5.32. The van der Waals surface area contributed by atoms with Crippen molar-refractivity contribution in [1.82, 2.24) is 9.88 Å². The van der Waals surface area contributed by atoms with Gasteiger partial charge in [-0.1, -0.05) is 25.1 Å². The SMILES string of the molecule is C[C@@H]1C[C@H](c2ccc(C3C=N3)c3ncccc23)CN(C(=O)C2CCC(F)(F)CC2)C1. The first kappa shape index (κ1) is 19.6. The Morgan fingerprint density at radius 3 is 2.60 bits per heavy atom. The van der Waals surface area contributed by atoms with Gasteiger partial charge in [0.1, 0.15) is 6.04 Å². The van der Waals surface area contributed by atoms with Gasteiger partial charge < -0.3 is 4.90 Å². The number of carbonyl (C=O) groups is 1. The summed E-state index contributed by atoms with van der Waals surface area (Å²) >= 11 is 0. The average Bonchev–Trinajstić information content (AvgIpc) is 3.57. The van der Waals surface area contributed by atoms with Crippen LogP contribution in [0.25, 0.3) is 10.9 Å². The highest BCUT2D eigenvalue weighted by Gasteiger charge is 2.40. The summed E-state index contributed by atoms with van der Waals surface area (Å²) in [6.07, 6.45) is 5.01. The molecular weight excluding hydrogens is 384 g/mol. The van der Waals surface area contributed by atoms with E-state index in [2.05, 4.69) is 35.1 Å². The molecule has 1 aromatic carbocycles. The molecule has 30 heavy (non-hydrogen) atoms. The van der Waals surface area contributed by atoms with Crippen LogP contribution < -0.4 is 0 Å². The fraction of sp³-hybridized carbons (Fsp3) is 0.542. The molecule has 3 aliphatic rings. The van der Waals surface area contributed by atoms with Crippen molar-refractivity contribution in [3.63, 3.8) is 0 Å². The number of likely N-dealkylation sites (tertiary alicyclic amines) is 1. The maximum atomic E-state index is 13.5. The van der Waals surface area contributed by atoms with Crippen LogP contribution in [0.2, 0.25) is 0 Å². The second-order valence-electron chi connectivity index (χ2n) is 9.30.